The highest BCUT2D eigenvalue weighted by atomic mass is 16.2. The summed E-state index contributed by atoms with van der Waals surface area (Å²) in [6, 6.07) is 9.37. The van der Waals surface area contributed by atoms with E-state index in [0.29, 0.717) is 0 Å². The predicted molar refractivity (Wildman–Crippen MR) is 68.7 cm³/mol. The van der Waals surface area contributed by atoms with Crippen molar-refractivity contribution in [3.8, 4) is 0 Å². The van der Waals surface area contributed by atoms with Crippen molar-refractivity contribution in [3.05, 3.63) is 35.9 Å². The molecule has 1 aliphatic carbocycles. The largest absolute Gasteiger partial charge is 0.359 e. The lowest BCUT2D eigenvalue weighted by Crippen LogP contribution is -2.33. The molecule has 4 heteroatoms. The van der Waals surface area contributed by atoms with E-state index < -0.39 is 0 Å². The average Bonchev–Trinajstić information content (AvgIpc) is 3.23. The van der Waals surface area contributed by atoms with E-state index in [1.54, 1.807) is 7.05 Å². The Morgan fingerprint density at radius 2 is 1.94 bits per heavy atom. The van der Waals surface area contributed by atoms with Gasteiger partial charge >= 0.3 is 0 Å². The quantitative estimate of drug-likeness (QED) is 0.825. The van der Waals surface area contributed by atoms with Crippen LogP contribution in [0.5, 0.6) is 0 Å². The average molecular weight is 246 g/mol. The van der Waals surface area contributed by atoms with Crippen LogP contribution < -0.4 is 10.6 Å². The summed E-state index contributed by atoms with van der Waals surface area (Å²) in [5.41, 5.74) is 0.968. The van der Waals surface area contributed by atoms with E-state index in [-0.39, 0.29) is 30.2 Å². The first-order valence-electron chi connectivity index (χ1n) is 6.26. The standard InChI is InChI=1S/C14H18N2O2/c1-15-13(17)9-12(10-5-3-2-4-6-10)16-14(18)11-7-8-11/h2-6,11-12H,7-9H2,1H3,(H,15,17)(H,16,18). The highest BCUT2D eigenvalue weighted by molar-refractivity contribution is 5.82. The van der Waals surface area contributed by atoms with Crippen LogP contribution in [0.25, 0.3) is 0 Å². The molecule has 0 heterocycles. The maximum atomic E-state index is 11.8. The summed E-state index contributed by atoms with van der Waals surface area (Å²) in [5.74, 6) is 0.147. The molecule has 1 saturated carbocycles. The molecular weight excluding hydrogens is 228 g/mol. The van der Waals surface area contributed by atoms with E-state index in [9.17, 15) is 9.59 Å². The summed E-state index contributed by atoms with van der Waals surface area (Å²) in [6.07, 6.45) is 2.21. The molecule has 0 aliphatic heterocycles. The van der Waals surface area contributed by atoms with E-state index in [2.05, 4.69) is 10.6 Å². The molecule has 1 aliphatic rings. The molecule has 1 atom stereocenters. The van der Waals surface area contributed by atoms with Crippen molar-refractivity contribution in [1.29, 1.82) is 0 Å². The number of amides is 2. The first-order valence-corrected chi connectivity index (χ1v) is 6.26. The minimum Gasteiger partial charge on any atom is -0.359 e. The van der Waals surface area contributed by atoms with Gasteiger partial charge in [-0.25, -0.2) is 0 Å². The van der Waals surface area contributed by atoms with E-state index in [1.807, 2.05) is 30.3 Å². The number of hydrogen-bond acceptors (Lipinski definition) is 2. The fourth-order valence-corrected chi connectivity index (χ4v) is 1.86. The van der Waals surface area contributed by atoms with E-state index in [4.69, 9.17) is 0 Å². The zero-order valence-electron chi connectivity index (χ0n) is 10.5. The molecule has 1 aromatic rings. The molecule has 4 nitrogen and oxygen atoms in total. The Morgan fingerprint density at radius 1 is 1.28 bits per heavy atom. The van der Waals surface area contributed by atoms with Crippen LogP contribution in [-0.2, 0) is 9.59 Å². The van der Waals surface area contributed by atoms with Crippen molar-refractivity contribution < 1.29 is 9.59 Å². The second kappa shape index (κ2) is 5.67. The minimum atomic E-state index is -0.237. The number of nitrogens with one attached hydrogen (secondary N) is 2. The molecule has 1 fully saturated rings. The summed E-state index contributed by atoms with van der Waals surface area (Å²) in [5, 5.41) is 5.55. The third-order valence-electron chi connectivity index (χ3n) is 3.13. The molecule has 0 bridgehead atoms. The smallest absolute Gasteiger partial charge is 0.223 e. The molecule has 2 N–H and O–H groups in total. The number of hydrogen-bond donors (Lipinski definition) is 2. The second-order valence-electron chi connectivity index (χ2n) is 4.62. The van der Waals surface area contributed by atoms with Crippen LogP contribution in [0.2, 0.25) is 0 Å². The van der Waals surface area contributed by atoms with Crippen molar-refractivity contribution in [2.24, 2.45) is 5.92 Å². The van der Waals surface area contributed by atoms with Crippen molar-refractivity contribution >= 4 is 11.8 Å². The summed E-state index contributed by atoms with van der Waals surface area (Å²) >= 11 is 0. The van der Waals surface area contributed by atoms with E-state index >= 15 is 0 Å². The molecule has 0 spiro atoms. The third-order valence-corrected chi connectivity index (χ3v) is 3.13. The maximum Gasteiger partial charge on any atom is 0.223 e. The van der Waals surface area contributed by atoms with Crippen LogP contribution in [0.15, 0.2) is 30.3 Å². The zero-order valence-corrected chi connectivity index (χ0v) is 10.5. The molecule has 1 aromatic carbocycles. The van der Waals surface area contributed by atoms with Gasteiger partial charge in [-0.3, -0.25) is 9.59 Å². The lowest BCUT2D eigenvalue weighted by molar-refractivity contribution is -0.124. The van der Waals surface area contributed by atoms with Gasteiger partial charge in [0, 0.05) is 13.0 Å². The Morgan fingerprint density at radius 3 is 2.50 bits per heavy atom. The molecular formula is C14H18N2O2. The Labute approximate surface area is 107 Å². The summed E-state index contributed by atoms with van der Waals surface area (Å²) in [4.78, 5) is 23.3. The zero-order chi connectivity index (χ0) is 13.0. The van der Waals surface area contributed by atoms with Crippen LogP contribution in [0.3, 0.4) is 0 Å². The van der Waals surface area contributed by atoms with Crippen molar-refractivity contribution in [1.82, 2.24) is 10.6 Å². The number of carbonyl (C=O) groups excluding carboxylic acids is 2. The van der Waals surface area contributed by atoms with Gasteiger partial charge < -0.3 is 10.6 Å². The molecule has 0 aromatic heterocycles. The Balaban J connectivity index is 2.06. The normalized spacial score (nSPS) is 15.8. The Hall–Kier alpha value is -1.84. The van der Waals surface area contributed by atoms with Crippen LogP contribution >= 0.6 is 0 Å². The van der Waals surface area contributed by atoms with Gasteiger partial charge in [0.25, 0.3) is 0 Å². The van der Waals surface area contributed by atoms with Crippen molar-refractivity contribution in [3.63, 3.8) is 0 Å². The van der Waals surface area contributed by atoms with Gasteiger partial charge in [0.1, 0.15) is 0 Å². The van der Waals surface area contributed by atoms with Gasteiger partial charge in [0.2, 0.25) is 11.8 Å². The Bertz CT molecular complexity index is 427. The monoisotopic (exact) mass is 246 g/mol. The molecule has 18 heavy (non-hydrogen) atoms. The lowest BCUT2D eigenvalue weighted by Gasteiger charge is -2.18. The van der Waals surface area contributed by atoms with Crippen molar-refractivity contribution in [2.45, 2.75) is 25.3 Å². The summed E-state index contributed by atoms with van der Waals surface area (Å²) in [7, 11) is 1.60. The van der Waals surface area contributed by atoms with Gasteiger partial charge in [0.15, 0.2) is 0 Å². The van der Waals surface area contributed by atoms with Crippen LogP contribution in [-0.4, -0.2) is 18.9 Å². The number of carbonyl (C=O) groups is 2. The van der Waals surface area contributed by atoms with Crippen molar-refractivity contribution in [2.75, 3.05) is 7.05 Å². The van der Waals surface area contributed by atoms with Gasteiger partial charge in [0.05, 0.1) is 12.5 Å². The van der Waals surface area contributed by atoms with Crippen LogP contribution in [0, 0.1) is 5.92 Å². The summed E-state index contributed by atoms with van der Waals surface area (Å²) < 4.78 is 0. The minimum absolute atomic E-state index is 0.0627. The summed E-state index contributed by atoms with van der Waals surface area (Å²) in [6.45, 7) is 0. The molecule has 0 saturated heterocycles. The molecule has 2 amide bonds. The van der Waals surface area contributed by atoms with E-state index in [0.717, 1.165) is 18.4 Å². The van der Waals surface area contributed by atoms with Gasteiger partial charge in [-0.1, -0.05) is 30.3 Å². The maximum absolute atomic E-state index is 11.8. The first-order chi connectivity index (χ1) is 8.70. The molecule has 96 valence electrons. The van der Waals surface area contributed by atoms with E-state index in [1.165, 1.54) is 0 Å². The van der Waals surface area contributed by atoms with Gasteiger partial charge in [-0.05, 0) is 18.4 Å². The topological polar surface area (TPSA) is 58.2 Å². The van der Waals surface area contributed by atoms with Crippen LogP contribution in [0.1, 0.15) is 30.9 Å². The predicted octanol–water partition coefficient (Wildman–Crippen LogP) is 1.39. The SMILES string of the molecule is CNC(=O)CC(NC(=O)C1CC1)c1ccccc1. The third kappa shape index (κ3) is 3.32. The Kier molecular flexibility index (Phi) is 3.97. The first kappa shape index (κ1) is 12.6. The lowest BCUT2D eigenvalue weighted by atomic mass is 10.0. The van der Waals surface area contributed by atoms with Crippen LogP contribution in [0.4, 0.5) is 0 Å². The molecule has 0 radical (unpaired) electrons. The second-order valence-corrected chi connectivity index (χ2v) is 4.62. The number of rotatable bonds is 5. The fraction of sp³-hybridized carbons (Fsp3) is 0.429. The molecule has 1 unspecified atom stereocenters. The van der Waals surface area contributed by atoms with Gasteiger partial charge in [-0.15, -0.1) is 0 Å². The highest BCUT2D eigenvalue weighted by Gasteiger charge is 2.31. The molecule has 2 rings (SSSR count). The highest BCUT2D eigenvalue weighted by Crippen LogP contribution is 2.30. The van der Waals surface area contributed by atoms with Gasteiger partial charge in [-0.2, -0.15) is 0 Å². The number of benzene rings is 1. The fourth-order valence-electron chi connectivity index (χ4n) is 1.86.